The fourth-order valence-electron chi connectivity index (χ4n) is 3.20. The first kappa shape index (κ1) is 15.5. The second kappa shape index (κ2) is 6.72. The van der Waals surface area contributed by atoms with Crippen LogP contribution in [0.4, 0.5) is 0 Å². The zero-order valence-electron chi connectivity index (χ0n) is 13.6. The van der Waals surface area contributed by atoms with Gasteiger partial charge in [-0.2, -0.15) is 0 Å². The van der Waals surface area contributed by atoms with Crippen LogP contribution in [0.2, 0.25) is 0 Å². The number of nitrogens with one attached hydrogen (secondary N) is 1. The lowest BCUT2D eigenvalue weighted by atomic mass is 9.95. The maximum atomic E-state index is 4.49. The molecule has 4 heteroatoms. The first-order chi connectivity index (χ1) is 9.47. The van der Waals surface area contributed by atoms with Crippen molar-refractivity contribution in [1.82, 2.24) is 19.8 Å². The van der Waals surface area contributed by atoms with Crippen LogP contribution in [0.1, 0.15) is 39.9 Å². The van der Waals surface area contributed by atoms with Crippen molar-refractivity contribution in [3.8, 4) is 0 Å². The predicted octanol–water partition coefficient (Wildman–Crippen LogP) is 2.26. The van der Waals surface area contributed by atoms with Crippen molar-refractivity contribution < 1.29 is 0 Å². The summed E-state index contributed by atoms with van der Waals surface area (Å²) in [6.07, 6.45) is 5.18. The summed E-state index contributed by atoms with van der Waals surface area (Å²) in [6, 6.07) is 1.22. The molecule has 4 nitrogen and oxygen atoms in total. The van der Waals surface area contributed by atoms with Crippen LogP contribution in [0.15, 0.2) is 12.4 Å². The topological polar surface area (TPSA) is 33.1 Å². The van der Waals surface area contributed by atoms with Crippen molar-refractivity contribution in [2.24, 2.45) is 18.9 Å². The van der Waals surface area contributed by atoms with Crippen molar-refractivity contribution in [2.45, 2.75) is 52.7 Å². The normalized spacial score (nSPS) is 24.8. The largest absolute Gasteiger partial charge is 0.337 e. The Kier molecular flexibility index (Phi) is 5.22. The van der Waals surface area contributed by atoms with Crippen molar-refractivity contribution in [2.75, 3.05) is 13.1 Å². The molecule has 0 saturated carbocycles. The highest BCUT2D eigenvalue weighted by Crippen LogP contribution is 2.20. The molecule has 20 heavy (non-hydrogen) atoms. The van der Waals surface area contributed by atoms with E-state index in [1.165, 1.54) is 12.2 Å². The summed E-state index contributed by atoms with van der Waals surface area (Å²) in [5.41, 5.74) is 0. The minimum atomic E-state index is 0.607. The minimum Gasteiger partial charge on any atom is -0.337 e. The fraction of sp³-hybridized carbons (Fsp3) is 0.812. The predicted molar refractivity (Wildman–Crippen MR) is 83.5 cm³/mol. The third-order valence-corrected chi connectivity index (χ3v) is 4.33. The average molecular weight is 278 g/mol. The van der Waals surface area contributed by atoms with Gasteiger partial charge in [0.15, 0.2) is 0 Å². The van der Waals surface area contributed by atoms with Gasteiger partial charge in [0.2, 0.25) is 0 Å². The summed E-state index contributed by atoms with van der Waals surface area (Å²) in [7, 11) is 2.08. The number of aromatic nitrogens is 2. The van der Waals surface area contributed by atoms with Gasteiger partial charge < -0.3 is 9.88 Å². The van der Waals surface area contributed by atoms with Crippen LogP contribution in [-0.4, -0.2) is 39.6 Å². The Morgan fingerprint density at radius 1 is 1.35 bits per heavy atom. The molecule has 2 rings (SSSR count). The van der Waals surface area contributed by atoms with Crippen LogP contribution in [0.5, 0.6) is 0 Å². The van der Waals surface area contributed by atoms with Gasteiger partial charge in [0.25, 0.3) is 0 Å². The first-order valence-corrected chi connectivity index (χ1v) is 7.91. The van der Waals surface area contributed by atoms with Crippen molar-refractivity contribution in [3.05, 3.63) is 18.2 Å². The molecule has 0 bridgehead atoms. The molecule has 1 aliphatic heterocycles. The van der Waals surface area contributed by atoms with Crippen LogP contribution < -0.4 is 5.32 Å². The molecule has 114 valence electrons. The Bertz CT molecular complexity index is 410. The Morgan fingerprint density at radius 2 is 2.10 bits per heavy atom. The smallest absolute Gasteiger partial charge is 0.122 e. The van der Waals surface area contributed by atoms with Gasteiger partial charge in [-0.3, -0.25) is 4.90 Å². The molecule has 2 heterocycles. The van der Waals surface area contributed by atoms with Crippen molar-refractivity contribution in [3.63, 3.8) is 0 Å². The van der Waals surface area contributed by atoms with Gasteiger partial charge in [-0.1, -0.05) is 27.7 Å². The Hall–Kier alpha value is -0.870. The number of hydrogen-bond donors (Lipinski definition) is 1. The van der Waals surface area contributed by atoms with Crippen molar-refractivity contribution in [1.29, 1.82) is 0 Å². The molecular formula is C16H30N4. The third-order valence-electron chi connectivity index (χ3n) is 4.33. The molecule has 1 aliphatic rings. The van der Waals surface area contributed by atoms with Gasteiger partial charge in [-0.05, 0) is 18.3 Å². The Morgan fingerprint density at radius 3 is 2.65 bits per heavy atom. The zero-order valence-corrected chi connectivity index (χ0v) is 13.6. The van der Waals surface area contributed by atoms with Crippen LogP contribution >= 0.6 is 0 Å². The molecule has 1 aromatic rings. The molecule has 0 radical (unpaired) electrons. The second-order valence-electron chi connectivity index (χ2n) is 6.93. The summed E-state index contributed by atoms with van der Waals surface area (Å²) in [5.74, 6) is 2.58. The average Bonchev–Trinajstić information content (AvgIpc) is 2.74. The van der Waals surface area contributed by atoms with Gasteiger partial charge in [0.1, 0.15) is 5.82 Å². The van der Waals surface area contributed by atoms with E-state index < -0.39 is 0 Å². The first-order valence-electron chi connectivity index (χ1n) is 7.91. The molecule has 0 aromatic carbocycles. The SMILES string of the molecule is CC(C)CC1CN(Cc2nccn2C)C(C(C)C)CN1. The number of aryl methyl sites for hydroxylation is 1. The van der Waals surface area contributed by atoms with E-state index in [0.717, 1.165) is 25.6 Å². The molecule has 0 aliphatic carbocycles. The molecule has 1 fully saturated rings. The van der Waals surface area contributed by atoms with Gasteiger partial charge in [0.05, 0.1) is 6.54 Å². The summed E-state index contributed by atoms with van der Waals surface area (Å²) in [5, 5.41) is 3.74. The number of hydrogen-bond acceptors (Lipinski definition) is 3. The van der Waals surface area contributed by atoms with Gasteiger partial charge >= 0.3 is 0 Å². The highest BCUT2D eigenvalue weighted by molar-refractivity contribution is 4.95. The summed E-state index contributed by atoms with van der Waals surface area (Å²) < 4.78 is 2.14. The Labute approximate surface area is 123 Å². The van der Waals surface area contributed by atoms with Crippen LogP contribution in [0.3, 0.4) is 0 Å². The van der Waals surface area contributed by atoms with E-state index in [4.69, 9.17) is 0 Å². The number of piperazine rings is 1. The van der Waals surface area contributed by atoms with E-state index in [-0.39, 0.29) is 0 Å². The lowest BCUT2D eigenvalue weighted by Crippen LogP contribution is -2.58. The number of imidazole rings is 1. The molecular weight excluding hydrogens is 248 g/mol. The maximum Gasteiger partial charge on any atom is 0.122 e. The van der Waals surface area contributed by atoms with Gasteiger partial charge in [-0.15, -0.1) is 0 Å². The van der Waals surface area contributed by atoms with E-state index in [0.29, 0.717) is 18.0 Å². The van der Waals surface area contributed by atoms with Crippen LogP contribution in [0.25, 0.3) is 0 Å². The van der Waals surface area contributed by atoms with E-state index in [9.17, 15) is 0 Å². The molecule has 2 unspecified atom stereocenters. The summed E-state index contributed by atoms with van der Waals surface area (Å²) in [6.45, 7) is 12.4. The van der Waals surface area contributed by atoms with Gasteiger partial charge in [0, 0.05) is 44.6 Å². The quantitative estimate of drug-likeness (QED) is 0.897. The zero-order chi connectivity index (χ0) is 14.7. The molecule has 0 spiro atoms. The van der Waals surface area contributed by atoms with E-state index in [1.807, 2.05) is 12.4 Å². The van der Waals surface area contributed by atoms with Gasteiger partial charge in [-0.25, -0.2) is 4.98 Å². The summed E-state index contributed by atoms with van der Waals surface area (Å²) >= 11 is 0. The molecule has 1 aromatic heterocycles. The highest BCUT2D eigenvalue weighted by Gasteiger charge is 2.30. The molecule has 0 amide bonds. The lowest BCUT2D eigenvalue weighted by molar-refractivity contribution is 0.0819. The van der Waals surface area contributed by atoms with Crippen molar-refractivity contribution >= 4 is 0 Å². The third kappa shape index (κ3) is 3.83. The monoisotopic (exact) mass is 278 g/mol. The molecule has 2 atom stereocenters. The van der Waals surface area contributed by atoms with Crippen LogP contribution in [-0.2, 0) is 13.6 Å². The molecule has 1 saturated heterocycles. The minimum absolute atomic E-state index is 0.607. The lowest BCUT2D eigenvalue weighted by Gasteiger charge is -2.42. The standard InChI is InChI=1S/C16H30N4/c1-12(2)8-14-10-20(15(9-18-14)13(3)4)11-16-17-6-7-19(16)5/h6-7,12-15,18H,8-11H2,1-5H3. The maximum absolute atomic E-state index is 4.49. The Balaban J connectivity index is 2.05. The second-order valence-corrected chi connectivity index (χ2v) is 6.93. The fourth-order valence-corrected chi connectivity index (χ4v) is 3.20. The highest BCUT2D eigenvalue weighted by atomic mass is 15.3. The van der Waals surface area contributed by atoms with Crippen LogP contribution in [0, 0.1) is 11.8 Å². The summed E-state index contributed by atoms with van der Waals surface area (Å²) in [4.78, 5) is 7.11. The van der Waals surface area contributed by atoms with E-state index in [1.54, 1.807) is 0 Å². The number of rotatable bonds is 5. The molecule has 1 N–H and O–H groups in total. The van der Waals surface area contributed by atoms with E-state index in [2.05, 4.69) is 54.5 Å². The van der Waals surface area contributed by atoms with E-state index >= 15 is 0 Å². The number of nitrogens with zero attached hydrogens (tertiary/aromatic N) is 3.